The predicted octanol–water partition coefficient (Wildman–Crippen LogP) is 5.46. The SMILES string of the molecule is CCOc1c(Br)cc(/C=C2/SC(=O)N(CC(=O)Nc3c(C)cc(C)cc3C)C2=O)cc1OC. The van der Waals surface area contributed by atoms with Crippen LogP contribution in [0.3, 0.4) is 0 Å². The third-order valence-electron chi connectivity index (χ3n) is 4.95. The molecule has 3 rings (SSSR count). The molecule has 1 aliphatic heterocycles. The fourth-order valence-corrected chi connectivity index (χ4v) is 5.01. The van der Waals surface area contributed by atoms with Gasteiger partial charge in [-0.1, -0.05) is 17.7 Å². The van der Waals surface area contributed by atoms with Crippen molar-refractivity contribution in [3.63, 3.8) is 0 Å². The van der Waals surface area contributed by atoms with E-state index in [4.69, 9.17) is 9.47 Å². The van der Waals surface area contributed by atoms with Crippen molar-refractivity contribution in [1.82, 2.24) is 4.90 Å². The zero-order chi connectivity index (χ0) is 24.3. The minimum Gasteiger partial charge on any atom is -0.493 e. The standard InChI is InChI=1S/C24H25BrN2O5S/c1-6-32-22-17(25)9-16(10-18(22)31-5)11-19-23(29)27(24(30)33-19)12-20(28)26-21-14(3)7-13(2)8-15(21)4/h7-11H,6,12H2,1-5H3,(H,26,28)/b19-11+. The first kappa shape index (κ1) is 24.9. The number of nitrogens with one attached hydrogen (secondary N) is 1. The molecule has 3 amide bonds. The molecule has 0 spiro atoms. The summed E-state index contributed by atoms with van der Waals surface area (Å²) in [5.74, 6) is 0.115. The monoisotopic (exact) mass is 532 g/mol. The van der Waals surface area contributed by atoms with Crippen molar-refractivity contribution in [3.05, 3.63) is 55.9 Å². The summed E-state index contributed by atoms with van der Waals surface area (Å²) in [5.41, 5.74) is 4.29. The van der Waals surface area contributed by atoms with Crippen LogP contribution in [0.15, 0.2) is 33.6 Å². The number of benzene rings is 2. The van der Waals surface area contributed by atoms with Gasteiger partial charge in [-0.05, 0) is 90.3 Å². The number of aryl methyl sites for hydroxylation is 3. The lowest BCUT2D eigenvalue weighted by molar-refractivity contribution is -0.127. The highest BCUT2D eigenvalue weighted by Crippen LogP contribution is 2.39. The van der Waals surface area contributed by atoms with Gasteiger partial charge in [-0.15, -0.1) is 0 Å². The Morgan fingerprint density at radius 2 is 1.82 bits per heavy atom. The number of carbonyl (C=O) groups is 3. The summed E-state index contributed by atoms with van der Waals surface area (Å²) in [6, 6.07) is 7.43. The number of carbonyl (C=O) groups excluding carboxylic acids is 3. The van der Waals surface area contributed by atoms with Crippen LogP contribution in [-0.4, -0.2) is 42.2 Å². The summed E-state index contributed by atoms with van der Waals surface area (Å²) >= 11 is 4.25. The van der Waals surface area contributed by atoms with E-state index in [0.29, 0.717) is 33.8 Å². The van der Waals surface area contributed by atoms with Gasteiger partial charge in [0.15, 0.2) is 11.5 Å². The summed E-state index contributed by atoms with van der Waals surface area (Å²) in [7, 11) is 1.53. The van der Waals surface area contributed by atoms with E-state index in [1.807, 2.05) is 39.8 Å². The number of methoxy groups -OCH3 is 1. The van der Waals surface area contributed by atoms with E-state index in [2.05, 4.69) is 21.2 Å². The second-order valence-electron chi connectivity index (χ2n) is 7.56. The van der Waals surface area contributed by atoms with Gasteiger partial charge in [-0.2, -0.15) is 0 Å². The molecular formula is C24H25BrN2O5S. The van der Waals surface area contributed by atoms with Crippen LogP contribution in [0.2, 0.25) is 0 Å². The van der Waals surface area contributed by atoms with Crippen molar-refractivity contribution in [2.24, 2.45) is 0 Å². The molecule has 0 saturated carbocycles. The highest BCUT2D eigenvalue weighted by molar-refractivity contribution is 9.10. The molecule has 1 saturated heterocycles. The van der Waals surface area contributed by atoms with Gasteiger partial charge in [0.1, 0.15) is 6.54 Å². The second-order valence-corrected chi connectivity index (χ2v) is 9.40. The average Bonchev–Trinajstić information content (AvgIpc) is 2.99. The van der Waals surface area contributed by atoms with E-state index in [1.54, 1.807) is 18.2 Å². The Labute approximate surface area is 205 Å². The van der Waals surface area contributed by atoms with Gasteiger partial charge >= 0.3 is 0 Å². The Hall–Kier alpha value is -2.78. The maximum Gasteiger partial charge on any atom is 0.294 e. The van der Waals surface area contributed by atoms with E-state index in [1.165, 1.54) is 7.11 Å². The van der Waals surface area contributed by atoms with Crippen molar-refractivity contribution >= 4 is 56.5 Å². The van der Waals surface area contributed by atoms with Crippen LogP contribution in [0, 0.1) is 20.8 Å². The highest BCUT2D eigenvalue weighted by Gasteiger charge is 2.36. The van der Waals surface area contributed by atoms with Crippen LogP contribution >= 0.6 is 27.7 Å². The predicted molar refractivity (Wildman–Crippen MR) is 134 cm³/mol. The maximum atomic E-state index is 12.9. The fraction of sp³-hybridized carbons (Fsp3) is 0.292. The molecule has 33 heavy (non-hydrogen) atoms. The summed E-state index contributed by atoms with van der Waals surface area (Å²) in [6.07, 6.45) is 1.60. The first-order valence-corrected chi connectivity index (χ1v) is 11.9. The molecule has 0 atom stereocenters. The van der Waals surface area contributed by atoms with Crippen LogP contribution in [0.4, 0.5) is 10.5 Å². The normalized spacial score (nSPS) is 14.7. The first-order chi connectivity index (χ1) is 15.6. The van der Waals surface area contributed by atoms with Gasteiger partial charge in [0.2, 0.25) is 5.91 Å². The van der Waals surface area contributed by atoms with Crippen LogP contribution in [-0.2, 0) is 9.59 Å². The molecule has 0 aromatic heterocycles. The average molecular weight is 533 g/mol. The Morgan fingerprint density at radius 1 is 1.15 bits per heavy atom. The number of amides is 3. The van der Waals surface area contributed by atoms with Crippen molar-refractivity contribution < 1.29 is 23.9 Å². The molecule has 1 aliphatic rings. The van der Waals surface area contributed by atoms with E-state index < -0.39 is 17.1 Å². The molecule has 0 unspecified atom stereocenters. The van der Waals surface area contributed by atoms with E-state index >= 15 is 0 Å². The zero-order valence-electron chi connectivity index (χ0n) is 19.1. The molecule has 1 fully saturated rings. The van der Waals surface area contributed by atoms with E-state index in [0.717, 1.165) is 33.4 Å². The lowest BCUT2D eigenvalue weighted by atomic mass is 10.1. The number of ether oxygens (including phenoxy) is 2. The molecule has 1 heterocycles. The number of anilines is 1. The van der Waals surface area contributed by atoms with Crippen molar-refractivity contribution in [2.75, 3.05) is 25.6 Å². The molecule has 2 aromatic carbocycles. The number of hydrogen-bond acceptors (Lipinski definition) is 6. The number of hydrogen-bond donors (Lipinski definition) is 1. The molecule has 0 aliphatic carbocycles. The van der Waals surface area contributed by atoms with Crippen molar-refractivity contribution in [1.29, 1.82) is 0 Å². The molecule has 174 valence electrons. The summed E-state index contributed by atoms with van der Waals surface area (Å²) < 4.78 is 11.6. The van der Waals surface area contributed by atoms with Crippen molar-refractivity contribution in [3.8, 4) is 11.5 Å². The fourth-order valence-electron chi connectivity index (χ4n) is 3.59. The quantitative estimate of drug-likeness (QED) is 0.476. The lowest BCUT2D eigenvalue weighted by Crippen LogP contribution is -2.36. The molecule has 0 bridgehead atoms. The summed E-state index contributed by atoms with van der Waals surface area (Å²) in [6.45, 7) is 7.77. The Kier molecular flexibility index (Phi) is 7.86. The number of thioether (sulfide) groups is 1. The number of halogens is 1. The van der Waals surface area contributed by atoms with Crippen molar-refractivity contribution in [2.45, 2.75) is 27.7 Å². The van der Waals surface area contributed by atoms with Crippen LogP contribution in [0.5, 0.6) is 11.5 Å². The Bertz CT molecular complexity index is 1140. The molecule has 2 aromatic rings. The highest BCUT2D eigenvalue weighted by atomic mass is 79.9. The minimum atomic E-state index is -0.513. The van der Waals surface area contributed by atoms with Gasteiger partial charge in [0.05, 0.1) is 23.1 Å². The zero-order valence-corrected chi connectivity index (χ0v) is 21.5. The summed E-state index contributed by atoms with van der Waals surface area (Å²) in [4.78, 5) is 39.1. The third-order valence-corrected chi connectivity index (χ3v) is 6.45. The van der Waals surface area contributed by atoms with E-state index in [-0.39, 0.29) is 11.4 Å². The van der Waals surface area contributed by atoms with Gasteiger partial charge in [-0.25, -0.2) is 0 Å². The minimum absolute atomic E-state index is 0.230. The number of imide groups is 1. The van der Waals surface area contributed by atoms with Gasteiger partial charge < -0.3 is 14.8 Å². The Balaban J connectivity index is 1.78. The molecule has 9 heteroatoms. The number of nitrogens with zero attached hydrogens (tertiary/aromatic N) is 1. The number of rotatable bonds is 7. The van der Waals surface area contributed by atoms with Gasteiger partial charge in [0.25, 0.3) is 11.1 Å². The molecule has 7 nitrogen and oxygen atoms in total. The molecule has 1 N–H and O–H groups in total. The maximum absolute atomic E-state index is 12.9. The molecule has 0 radical (unpaired) electrons. The molecular weight excluding hydrogens is 508 g/mol. The van der Waals surface area contributed by atoms with Crippen LogP contribution < -0.4 is 14.8 Å². The largest absolute Gasteiger partial charge is 0.493 e. The van der Waals surface area contributed by atoms with Gasteiger partial charge in [0, 0.05) is 5.69 Å². The smallest absolute Gasteiger partial charge is 0.294 e. The van der Waals surface area contributed by atoms with E-state index in [9.17, 15) is 14.4 Å². The topological polar surface area (TPSA) is 84.9 Å². The second kappa shape index (κ2) is 10.4. The third kappa shape index (κ3) is 5.59. The van der Waals surface area contributed by atoms with Gasteiger partial charge in [-0.3, -0.25) is 19.3 Å². The lowest BCUT2D eigenvalue weighted by Gasteiger charge is -2.16. The van der Waals surface area contributed by atoms with Crippen LogP contribution in [0.1, 0.15) is 29.2 Å². The summed E-state index contributed by atoms with van der Waals surface area (Å²) in [5, 5.41) is 2.34. The van der Waals surface area contributed by atoms with Crippen LogP contribution in [0.25, 0.3) is 6.08 Å². The first-order valence-electron chi connectivity index (χ1n) is 10.3. The Morgan fingerprint density at radius 3 is 2.42 bits per heavy atom.